The van der Waals surface area contributed by atoms with E-state index in [1.807, 2.05) is 42.6 Å². The van der Waals surface area contributed by atoms with Gasteiger partial charge in [0.05, 0.1) is 28.5 Å². The summed E-state index contributed by atoms with van der Waals surface area (Å²) in [7, 11) is 0. The molecule has 1 aliphatic heterocycles. The second-order valence-electron chi connectivity index (χ2n) is 7.26. The Balaban J connectivity index is 1.38. The maximum absolute atomic E-state index is 13.3. The minimum Gasteiger partial charge on any atom is -0.322 e. The minimum absolute atomic E-state index is 0.0936. The molecule has 4 aromatic rings. The molecule has 0 radical (unpaired) electrons. The van der Waals surface area contributed by atoms with Gasteiger partial charge in [0.25, 0.3) is 11.8 Å². The van der Waals surface area contributed by atoms with Crippen LogP contribution in [0, 0.1) is 0 Å². The first-order chi connectivity index (χ1) is 15.1. The second-order valence-corrected chi connectivity index (χ2v) is 7.67. The quantitative estimate of drug-likeness (QED) is 0.466. The third-order valence-electron chi connectivity index (χ3n) is 5.34. The minimum atomic E-state index is -0.296. The van der Waals surface area contributed by atoms with Gasteiger partial charge in [-0.3, -0.25) is 9.59 Å². The van der Waals surface area contributed by atoms with Gasteiger partial charge in [-0.1, -0.05) is 35.9 Å². The number of benzene rings is 3. The number of rotatable bonds is 3. The Bertz CT molecular complexity index is 1290. The predicted molar refractivity (Wildman–Crippen MR) is 122 cm³/mol. The number of fused-ring (bicyclic) bond motifs is 3. The molecule has 1 aliphatic rings. The van der Waals surface area contributed by atoms with Gasteiger partial charge in [-0.05, 0) is 60.7 Å². The van der Waals surface area contributed by atoms with Gasteiger partial charge >= 0.3 is 0 Å². The van der Waals surface area contributed by atoms with Crippen LogP contribution in [0.15, 0.2) is 91.1 Å². The van der Waals surface area contributed by atoms with E-state index in [1.54, 1.807) is 53.4 Å². The standard InChI is InChI=1S/C25H18ClN3O2/c26-21-8-2-1-7-20(21)24(30)27-18-13-11-17(12-14-18)25(31)29-16-19-6-5-15-28(19)22-9-3-4-10-23(22)29/h1-15H,16H2,(H,27,30). The van der Waals surface area contributed by atoms with Crippen LogP contribution in [-0.4, -0.2) is 16.4 Å². The van der Waals surface area contributed by atoms with Crippen LogP contribution in [0.25, 0.3) is 5.69 Å². The average molecular weight is 428 g/mol. The summed E-state index contributed by atoms with van der Waals surface area (Å²) in [4.78, 5) is 27.5. The van der Waals surface area contributed by atoms with Crippen molar-refractivity contribution >= 4 is 34.8 Å². The monoisotopic (exact) mass is 427 g/mol. The fourth-order valence-electron chi connectivity index (χ4n) is 3.80. The normalized spacial score (nSPS) is 12.1. The van der Waals surface area contributed by atoms with E-state index in [2.05, 4.69) is 9.88 Å². The molecule has 0 fully saturated rings. The molecule has 0 saturated heterocycles. The SMILES string of the molecule is O=C(Nc1ccc(C(=O)N2Cc3cccn3-c3ccccc32)cc1)c1ccccc1Cl. The van der Waals surface area contributed by atoms with E-state index in [1.165, 1.54) is 0 Å². The smallest absolute Gasteiger partial charge is 0.258 e. The summed E-state index contributed by atoms with van der Waals surface area (Å²) in [6.07, 6.45) is 2.01. The van der Waals surface area contributed by atoms with Crippen molar-refractivity contribution in [1.82, 2.24) is 4.57 Å². The van der Waals surface area contributed by atoms with Crippen molar-refractivity contribution < 1.29 is 9.59 Å². The van der Waals surface area contributed by atoms with Gasteiger partial charge in [-0.15, -0.1) is 0 Å². The Hall–Kier alpha value is -3.83. The van der Waals surface area contributed by atoms with E-state index in [9.17, 15) is 9.59 Å². The maximum atomic E-state index is 13.3. The number of carbonyl (C=O) groups is 2. The highest BCUT2D eigenvalue weighted by atomic mass is 35.5. The molecule has 6 heteroatoms. The number of hydrogen-bond donors (Lipinski definition) is 1. The fraction of sp³-hybridized carbons (Fsp3) is 0.0400. The molecular weight excluding hydrogens is 410 g/mol. The zero-order chi connectivity index (χ0) is 21.4. The van der Waals surface area contributed by atoms with Crippen LogP contribution in [0.3, 0.4) is 0 Å². The summed E-state index contributed by atoms with van der Waals surface area (Å²) in [6, 6.07) is 25.6. The largest absolute Gasteiger partial charge is 0.322 e. The van der Waals surface area contributed by atoms with Crippen molar-refractivity contribution in [1.29, 1.82) is 0 Å². The Morgan fingerprint density at radius 2 is 1.52 bits per heavy atom. The van der Waals surface area contributed by atoms with Crippen LogP contribution in [-0.2, 0) is 6.54 Å². The van der Waals surface area contributed by atoms with E-state index in [0.29, 0.717) is 28.4 Å². The molecule has 31 heavy (non-hydrogen) atoms. The zero-order valence-electron chi connectivity index (χ0n) is 16.5. The van der Waals surface area contributed by atoms with Crippen molar-refractivity contribution in [3.05, 3.63) is 113 Å². The molecule has 5 rings (SSSR count). The number of hydrogen-bond acceptors (Lipinski definition) is 2. The van der Waals surface area contributed by atoms with Crippen molar-refractivity contribution in [3.63, 3.8) is 0 Å². The lowest BCUT2D eigenvalue weighted by molar-refractivity contribution is 0.0982. The van der Waals surface area contributed by atoms with Gasteiger partial charge < -0.3 is 14.8 Å². The molecule has 0 atom stereocenters. The molecule has 1 aromatic heterocycles. The lowest BCUT2D eigenvalue weighted by Crippen LogP contribution is -2.34. The number of halogens is 1. The number of amides is 2. The van der Waals surface area contributed by atoms with E-state index in [-0.39, 0.29) is 11.8 Å². The molecular formula is C25H18ClN3O2. The predicted octanol–water partition coefficient (Wildman–Crippen LogP) is 5.54. The van der Waals surface area contributed by atoms with Crippen LogP contribution in [0.2, 0.25) is 5.02 Å². The van der Waals surface area contributed by atoms with E-state index < -0.39 is 0 Å². The van der Waals surface area contributed by atoms with Gasteiger partial charge in [0.2, 0.25) is 0 Å². The molecule has 0 aliphatic carbocycles. The van der Waals surface area contributed by atoms with E-state index in [4.69, 9.17) is 11.6 Å². The molecule has 0 saturated carbocycles. The molecule has 2 amide bonds. The number of para-hydroxylation sites is 2. The summed E-state index contributed by atoms with van der Waals surface area (Å²) < 4.78 is 2.10. The molecule has 0 spiro atoms. The third kappa shape index (κ3) is 3.49. The summed E-state index contributed by atoms with van der Waals surface area (Å²) in [5, 5.41) is 3.21. The highest BCUT2D eigenvalue weighted by molar-refractivity contribution is 6.34. The van der Waals surface area contributed by atoms with Crippen LogP contribution >= 0.6 is 11.6 Å². The molecule has 1 N–H and O–H groups in total. The highest BCUT2D eigenvalue weighted by Gasteiger charge is 2.26. The average Bonchev–Trinajstić information content (AvgIpc) is 3.28. The zero-order valence-corrected chi connectivity index (χ0v) is 17.2. The second kappa shape index (κ2) is 7.78. The van der Waals surface area contributed by atoms with Gasteiger partial charge in [-0.2, -0.15) is 0 Å². The van der Waals surface area contributed by atoms with Crippen molar-refractivity contribution in [3.8, 4) is 5.69 Å². The first-order valence-corrected chi connectivity index (χ1v) is 10.2. The van der Waals surface area contributed by atoms with Crippen molar-refractivity contribution in [2.45, 2.75) is 6.54 Å². The van der Waals surface area contributed by atoms with Gasteiger partial charge in [0.15, 0.2) is 0 Å². The number of nitrogens with zero attached hydrogens (tertiary/aromatic N) is 2. The Morgan fingerprint density at radius 1 is 0.806 bits per heavy atom. The topological polar surface area (TPSA) is 54.3 Å². The first kappa shape index (κ1) is 19.2. The van der Waals surface area contributed by atoms with Crippen molar-refractivity contribution in [2.24, 2.45) is 0 Å². The Kier molecular flexibility index (Phi) is 4.81. The summed E-state index contributed by atoms with van der Waals surface area (Å²) in [5.41, 5.74) is 4.44. The van der Waals surface area contributed by atoms with Gasteiger partial charge in [0.1, 0.15) is 0 Å². The van der Waals surface area contributed by atoms with E-state index in [0.717, 1.165) is 17.1 Å². The fourth-order valence-corrected chi connectivity index (χ4v) is 4.02. The lowest BCUT2D eigenvalue weighted by atomic mass is 10.1. The van der Waals surface area contributed by atoms with Crippen LogP contribution < -0.4 is 10.2 Å². The summed E-state index contributed by atoms with van der Waals surface area (Å²) in [5.74, 6) is -0.390. The Labute approximate surface area is 184 Å². The third-order valence-corrected chi connectivity index (χ3v) is 5.67. The number of anilines is 2. The van der Waals surface area contributed by atoms with Crippen molar-refractivity contribution in [2.75, 3.05) is 10.2 Å². The first-order valence-electron chi connectivity index (χ1n) is 9.85. The van der Waals surface area contributed by atoms with E-state index >= 15 is 0 Å². The number of carbonyl (C=O) groups excluding carboxylic acids is 2. The molecule has 2 heterocycles. The van der Waals surface area contributed by atoms with Gasteiger partial charge in [0, 0.05) is 23.1 Å². The number of nitrogens with one attached hydrogen (secondary N) is 1. The van der Waals surface area contributed by atoms with Crippen LogP contribution in [0.4, 0.5) is 11.4 Å². The summed E-state index contributed by atoms with van der Waals surface area (Å²) >= 11 is 6.09. The van der Waals surface area contributed by atoms with Crippen LogP contribution in [0.5, 0.6) is 0 Å². The van der Waals surface area contributed by atoms with Crippen LogP contribution in [0.1, 0.15) is 26.4 Å². The Morgan fingerprint density at radius 3 is 2.29 bits per heavy atom. The lowest BCUT2D eigenvalue weighted by Gasteiger charge is -2.31. The van der Waals surface area contributed by atoms with Gasteiger partial charge in [-0.25, -0.2) is 0 Å². The molecule has 0 unspecified atom stereocenters. The molecule has 0 bridgehead atoms. The molecule has 152 valence electrons. The maximum Gasteiger partial charge on any atom is 0.258 e. The molecule has 5 nitrogen and oxygen atoms in total. The number of aromatic nitrogens is 1. The highest BCUT2D eigenvalue weighted by Crippen LogP contribution is 2.33. The molecule has 3 aromatic carbocycles. The summed E-state index contributed by atoms with van der Waals surface area (Å²) in [6.45, 7) is 0.494.